The molecule has 10 heteroatoms. The number of aliphatic hydroxyl groups excluding tert-OH is 1. The summed E-state index contributed by atoms with van der Waals surface area (Å²) >= 11 is 2.68. The summed E-state index contributed by atoms with van der Waals surface area (Å²) in [5, 5.41) is 20.0. The first-order chi connectivity index (χ1) is 20.0. The Labute approximate surface area is 245 Å². The molecule has 1 amide bonds. The van der Waals surface area contributed by atoms with Gasteiger partial charge in [-0.05, 0) is 53.9 Å². The third kappa shape index (κ3) is 6.49. The van der Waals surface area contributed by atoms with E-state index in [1.54, 1.807) is 18.2 Å². The van der Waals surface area contributed by atoms with Gasteiger partial charge in [-0.25, -0.2) is 4.39 Å². The van der Waals surface area contributed by atoms with Crippen molar-refractivity contribution < 1.29 is 23.8 Å². The van der Waals surface area contributed by atoms with E-state index in [1.807, 2.05) is 36.4 Å². The highest BCUT2D eigenvalue weighted by Crippen LogP contribution is 2.44. The molecule has 1 unspecified atom stereocenters. The fraction of sp³-hybridized carbons (Fsp3) is 0.226. The van der Waals surface area contributed by atoms with E-state index in [1.165, 1.54) is 52.3 Å². The third-order valence-electron chi connectivity index (χ3n) is 6.56. The number of amides is 1. The molecule has 5 rings (SSSR count). The van der Waals surface area contributed by atoms with E-state index in [2.05, 4.69) is 17.1 Å². The standard InChI is InChI=1S/C31H28FN3O4S2/c1-2-3-7-17-39-24-12-8-11-22(18-24)26-25(27(36)21-13-15-23(32)16-14-21)28(37)29(38)35(26)30-33-34-31(41-30)40-19-20-9-5-4-6-10-20/h4-6,8-16,18,26,36H,2-3,7,17,19H2,1H3. The molecule has 41 heavy (non-hydrogen) atoms. The van der Waals surface area contributed by atoms with Gasteiger partial charge in [-0.15, -0.1) is 10.2 Å². The zero-order valence-corrected chi connectivity index (χ0v) is 24.0. The lowest BCUT2D eigenvalue weighted by atomic mass is 9.95. The van der Waals surface area contributed by atoms with E-state index in [0.717, 1.165) is 24.8 Å². The largest absolute Gasteiger partial charge is 0.507 e. The van der Waals surface area contributed by atoms with Gasteiger partial charge in [0.15, 0.2) is 4.34 Å². The van der Waals surface area contributed by atoms with Crippen molar-refractivity contribution >= 4 is 45.7 Å². The lowest BCUT2D eigenvalue weighted by Crippen LogP contribution is -2.29. The van der Waals surface area contributed by atoms with Gasteiger partial charge in [0.05, 0.1) is 18.2 Å². The predicted octanol–water partition coefficient (Wildman–Crippen LogP) is 7.16. The highest BCUT2D eigenvalue weighted by atomic mass is 32.2. The van der Waals surface area contributed by atoms with Crippen molar-refractivity contribution in [1.29, 1.82) is 0 Å². The Hall–Kier alpha value is -4.02. The average molecular weight is 590 g/mol. The second-order valence-corrected chi connectivity index (χ2v) is 11.6. The number of rotatable bonds is 11. The van der Waals surface area contributed by atoms with Gasteiger partial charge in [-0.1, -0.05) is 85.3 Å². The van der Waals surface area contributed by atoms with Gasteiger partial charge in [0.1, 0.15) is 17.3 Å². The number of carbonyl (C=O) groups excluding carboxylic acids is 2. The Bertz CT molecular complexity index is 1560. The van der Waals surface area contributed by atoms with Crippen LogP contribution in [0, 0.1) is 5.82 Å². The molecule has 1 atom stereocenters. The van der Waals surface area contributed by atoms with Crippen molar-refractivity contribution in [2.45, 2.75) is 42.3 Å². The predicted molar refractivity (Wildman–Crippen MR) is 159 cm³/mol. The van der Waals surface area contributed by atoms with Gasteiger partial charge in [-0.3, -0.25) is 14.5 Å². The minimum absolute atomic E-state index is 0.113. The maximum atomic E-state index is 13.6. The van der Waals surface area contributed by atoms with Crippen LogP contribution in [-0.2, 0) is 15.3 Å². The molecule has 0 spiro atoms. The number of unbranched alkanes of at least 4 members (excludes halogenated alkanes) is 2. The smallest absolute Gasteiger partial charge is 0.301 e. The van der Waals surface area contributed by atoms with E-state index in [0.29, 0.717) is 28.0 Å². The van der Waals surface area contributed by atoms with E-state index in [4.69, 9.17) is 4.74 Å². The first kappa shape index (κ1) is 28.5. The molecule has 1 saturated heterocycles. The highest BCUT2D eigenvalue weighted by Gasteiger charge is 2.48. The Kier molecular flexibility index (Phi) is 9.11. The van der Waals surface area contributed by atoms with Crippen molar-refractivity contribution in [3.63, 3.8) is 0 Å². The number of hydrogen-bond acceptors (Lipinski definition) is 8. The molecule has 0 aliphatic carbocycles. The SMILES string of the molecule is CCCCCOc1cccc(C2C(=C(O)c3ccc(F)cc3)C(=O)C(=O)N2c2nnc(SCc3ccccc3)s2)c1. The van der Waals surface area contributed by atoms with Gasteiger partial charge in [0.2, 0.25) is 5.13 Å². The summed E-state index contributed by atoms with van der Waals surface area (Å²) in [6, 6.07) is 21.1. The van der Waals surface area contributed by atoms with Crippen molar-refractivity contribution in [3.05, 3.63) is 107 Å². The summed E-state index contributed by atoms with van der Waals surface area (Å²) in [6.45, 7) is 2.65. The number of benzene rings is 3. The minimum atomic E-state index is -0.987. The number of hydrogen-bond donors (Lipinski definition) is 1. The summed E-state index contributed by atoms with van der Waals surface area (Å²) < 4.78 is 20.2. The fourth-order valence-corrected chi connectivity index (χ4v) is 6.33. The number of halogens is 1. The molecule has 1 fully saturated rings. The Morgan fingerprint density at radius 2 is 1.80 bits per heavy atom. The molecular formula is C31H28FN3O4S2. The van der Waals surface area contributed by atoms with Gasteiger partial charge in [-0.2, -0.15) is 0 Å². The topological polar surface area (TPSA) is 92.6 Å². The molecule has 4 aromatic rings. The highest BCUT2D eigenvalue weighted by molar-refractivity contribution is 8.00. The number of anilines is 1. The van der Waals surface area contributed by atoms with Gasteiger partial charge in [0.25, 0.3) is 5.78 Å². The van der Waals surface area contributed by atoms with Crippen molar-refractivity contribution in [2.75, 3.05) is 11.5 Å². The number of ether oxygens (including phenoxy) is 1. The van der Waals surface area contributed by atoms with E-state index in [-0.39, 0.29) is 16.3 Å². The van der Waals surface area contributed by atoms with Crippen LogP contribution in [-0.4, -0.2) is 33.6 Å². The number of Topliss-reactive ketones (excluding diaryl/α,β-unsaturated/α-hetero) is 1. The van der Waals surface area contributed by atoms with Crippen molar-refractivity contribution in [1.82, 2.24) is 10.2 Å². The van der Waals surface area contributed by atoms with Crippen molar-refractivity contribution in [2.24, 2.45) is 0 Å². The number of carbonyl (C=O) groups is 2. The molecule has 210 valence electrons. The fourth-order valence-electron chi connectivity index (χ4n) is 4.50. The van der Waals surface area contributed by atoms with Crippen LogP contribution in [0.2, 0.25) is 0 Å². The monoisotopic (exact) mass is 589 g/mol. The Morgan fingerprint density at radius 1 is 1.02 bits per heavy atom. The molecule has 0 bridgehead atoms. The molecule has 1 aliphatic rings. The second-order valence-electron chi connectivity index (χ2n) is 9.43. The zero-order valence-electron chi connectivity index (χ0n) is 22.3. The van der Waals surface area contributed by atoms with Gasteiger partial charge >= 0.3 is 5.91 Å². The van der Waals surface area contributed by atoms with Crippen LogP contribution in [0.3, 0.4) is 0 Å². The first-order valence-corrected chi connectivity index (χ1v) is 15.1. The van der Waals surface area contributed by atoms with Crippen LogP contribution >= 0.6 is 23.1 Å². The van der Waals surface area contributed by atoms with Crippen LogP contribution < -0.4 is 9.64 Å². The van der Waals surface area contributed by atoms with Crippen LogP contribution in [0.5, 0.6) is 5.75 Å². The Morgan fingerprint density at radius 3 is 2.56 bits per heavy atom. The molecule has 1 aromatic heterocycles. The first-order valence-electron chi connectivity index (χ1n) is 13.3. The van der Waals surface area contributed by atoms with Crippen LogP contribution in [0.15, 0.2) is 88.8 Å². The summed E-state index contributed by atoms with van der Waals surface area (Å²) in [5.74, 6) is -1.32. The van der Waals surface area contributed by atoms with E-state index in [9.17, 15) is 19.1 Å². The number of ketones is 1. The molecule has 0 saturated carbocycles. The quantitative estimate of drug-likeness (QED) is 0.0495. The van der Waals surface area contributed by atoms with E-state index < -0.39 is 29.3 Å². The number of thioether (sulfide) groups is 1. The summed E-state index contributed by atoms with van der Waals surface area (Å²) in [5.41, 5.74) is 1.79. The molecule has 1 N–H and O–H groups in total. The van der Waals surface area contributed by atoms with Crippen molar-refractivity contribution in [3.8, 4) is 5.75 Å². The maximum Gasteiger partial charge on any atom is 0.301 e. The maximum absolute atomic E-state index is 13.6. The lowest BCUT2D eigenvalue weighted by molar-refractivity contribution is -0.132. The van der Waals surface area contributed by atoms with Crippen LogP contribution in [0.4, 0.5) is 9.52 Å². The summed E-state index contributed by atoms with van der Waals surface area (Å²) in [6.07, 6.45) is 3.01. The van der Waals surface area contributed by atoms with E-state index >= 15 is 0 Å². The lowest BCUT2D eigenvalue weighted by Gasteiger charge is -2.23. The van der Waals surface area contributed by atoms with Crippen LogP contribution in [0.25, 0.3) is 5.76 Å². The summed E-state index contributed by atoms with van der Waals surface area (Å²) in [7, 11) is 0. The molecule has 0 radical (unpaired) electrons. The minimum Gasteiger partial charge on any atom is -0.507 e. The van der Waals surface area contributed by atoms with Gasteiger partial charge < -0.3 is 9.84 Å². The zero-order chi connectivity index (χ0) is 28.8. The number of nitrogens with zero attached hydrogens (tertiary/aromatic N) is 3. The normalized spacial score (nSPS) is 16.3. The summed E-state index contributed by atoms with van der Waals surface area (Å²) in [4.78, 5) is 28.2. The average Bonchev–Trinajstić information content (AvgIpc) is 3.57. The Balaban J connectivity index is 1.52. The molecular weight excluding hydrogens is 561 g/mol. The molecule has 2 heterocycles. The number of aromatic nitrogens is 2. The van der Waals surface area contributed by atoms with Crippen LogP contribution in [0.1, 0.15) is 48.9 Å². The van der Waals surface area contributed by atoms with Gasteiger partial charge in [0, 0.05) is 11.3 Å². The third-order valence-corrected chi connectivity index (χ3v) is 8.69. The second kappa shape index (κ2) is 13.1. The molecule has 1 aliphatic heterocycles. The molecule has 3 aromatic carbocycles. The number of aliphatic hydroxyl groups is 1. The molecule has 7 nitrogen and oxygen atoms in total.